The Morgan fingerprint density at radius 2 is 1.88 bits per heavy atom. The number of likely N-dealkylation sites (N-methyl/N-ethyl adjacent to an activating group) is 1. The van der Waals surface area contributed by atoms with E-state index in [1.165, 1.54) is 0 Å². The number of hydrogen-bond acceptors (Lipinski definition) is 6. The van der Waals surface area contributed by atoms with Crippen molar-refractivity contribution in [3.63, 3.8) is 0 Å². The van der Waals surface area contributed by atoms with Gasteiger partial charge in [0.25, 0.3) is 11.8 Å². The first-order chi connectivity index (χ1) is 16.0. The van der Waals surface area contributed by atoms with Crippen LogP contribution in [0.3, 0.4) is 0 Å². The molecule has 0 spiro atoms. The second-order valence-electron chi connectivity index (χ2n) is 8.77. The van der Waals surface area contributed by atoms with Crippen molar-refractivity contribution in [2.75, 3.05) is 46.3 Å². The highest BCUT2D eigenvalue weighted by Crippen LogP contribution is 2.33. The van der Waals surface area contributed by atoms with Gasteiger partial charge in [-0.15, -0.1) is 11.3 Å². The minimum Gasteiger partial charge on any atom is -0.334 e. The lowest BCUT2D eigenvalue weighted by molar-refractivity contribution is -0.115. The zero-order chi connectivity index (χ0) is 22.9. The Morgan fingerprint density at radius 1 is 1.06 bits per heavy atom. The number of fused-ring (bicyclic) bond motifs is 1. The normalized spacial score (nSPS) is 20.5. The van der Waals surface area contributed by atoms with Crippen LogP contribution in [0.5, 0.6) is 0 Å². The summed E-state index contributed by atoms with van der Waals surface area (Å²) in [6.07, 6.45) is 2.81. The number of nitrogens with zero attached hydrogens (tertiary/aromatic N) is 3. The largest absolute Gasteiger partial charge is 0.334 e. The molecule has 1 aromatic carbocycles. The molecule has 2 N–H and O–H groups in total. The van der Waals surface area contributed by atoms with Gasteiger partial charge in [0, 0.05) is 54.6 Å². The summed E-state index contributed by atoms with van der Waals surface area (Å²) in [4.78, 5) is 33.6. The van der Waals surface area contributed by atoms with Gasteiger partial charge in [-0.05, 0) is 73.7 Å². The van der Waals surface area contributed by atoms with Gasteiger partial charge in [-0.25, -0.2) is 0 Å². The summed E-state index contributed by atoms with van der Waals surface area (Å²) >= 11 is 6.59. The molecule has 0 radical (unpaired) electrons. The van der Waals surface area contributed by atoms with Crippen molar-refractivity contribution >= 4 is 46.6 Å². The molecule has 9 heteroatoms. The third-order valence-corrected chi connectivity index (χ3v) is 7.69. The molecular weight excluding hydrogens is 454 g/mol. The van der Waals surface area contributed by atoms with Gasteiger partial charge < -0.3 is 20.0 Å². The molecule has 33 heavy (non-hydrogen) atoms. The molecule has 0 bridgehead atoms. The molecule has 2 aromatic rings. The molecule has 1 aromatic heterocycles. The summed E-state index contributed by atoms with van der Waals surface area (Å²) in [5.74, 6) is -0.0699. The first kappa shape index (κ1) is 22.2. The number of thiophene rings is 1. The van der Waals surface area contributed by atoms with E-state index in [2.05, 4.69) is 39.6 Å². The van der Waals surface area contributed by atoms with Crippen LogP contribution in [0.25, 0.3) is 16.5 Å². The second kappa shape index (κ2) is 9.34. The summed E-state index contributed by atoms with van der Waals surface area (Å²) in [5.41, 5.74) is 3.46. The van der Waals surface area contributed by atoms with Crippen LogP contribution in [-0.2, 0) is 11.3 Å². The van der Waals surface area contributed by atoms with Crippen molar-refractivity contribution in [1.29, 1.82) is 0 Å². The number of benzene rings is 1. The zero-order valence-corrected chi connectivity index (χ0v) is 20.2. The number of rotatable bonds is 6. The Kier molecular flexibility index (Phi) is 6.29. The minimum absolute atomic E-state index is 0.140. The van der Waals surface area contributed by atoms with Gasteiger partial charge in [0.05, 0.1) is 0 Å². The fraction of sp³-hybridized carbons (Fsp3) is 0.375. The molecular formula is C24H27N5O2S2. The van der Waals surface area contributed by atoms with Gasteiger partial charge in [0.1, 0.15) is 5.70 Å². The molecule has 2 saturated heterocycles. The van der Waals surface area contributed by atoms with Crippen molar-refractivity contribution < 1.29 is 9.59 Å². The van der Waals surface area contributed by atoms with Crippen LogP contribution in [-0.4, -0.2) is 77.9 Å². The van der Waals surface area contributed by atoms with E-state index in [9.17, 15) is 9.59 Å². The van der Waals surface area contributed by atoms with Crippen LogP contribution in [0, 0.1) is 0 Å². The third-order valence-electron chi connectivity index (χ3n) is 6.40. The van der Waals surface area contributed by atoms with E-state index in [0.717, 1.165) is 72.1 Å². The zero-order valence-electron chi connectivity index (χ0n) is 18.6. The van der Waals surface area contributed by atoms with Crippen LogP contribution in [0.15, 0.2) is 36.0 Å². The number of amides is 2. The number of carbonyl (C=O) groups is 2. The minimum atomic E-state index is -0.210. The molecule has 3 aliphatic rings. The number of nitrogens with one attached hydrogen (secondary N) is 2. The van der Waals surface area contributed by atoms with Gasteiger partial charge >= 0.3 is 0 Å². The predicted molar refractivity (Wildman–Crippen MR) is 135 cm³/mol. The first-order valence-corrected chi connectivity index (χ1v) is 12.5. The second-order valence-corrected chi connectivity index (χ2v) is 10.3. The molecule has 2 amide bonds. The Balaban J connectivity index is 1.22. The Hall–Kier alpha value is -2.59. The summed E-state index contributed by atoms with van der Waals surface area (Å²) in [5, 5.41) is 5.78. The maximum Gasteiger partial charge on any atom is 0.273 e. The molecule has 172 valence electrons. The van der Waals surface area contributed by atoms with Crippen molar-refractivity contribution in [1.82, 2.24) is 25.3 Å². The predicted octanol–water partition coefficient (Wildman–Crippen LogP) is 2.35. The molecule has 3 aliphatic heterocycles. The van der Waals surface area contributed by atoms with E-state index in [1.54, 1.807) is 11.3 Å². The van der Waals surface area contributed by atoms with Crippen molar-refractivity contribution in [3.05, 3.63) is 52.0 Å². The maximum atomic E-state index is 12.9. The molecule has 4 heterocycles. The van der Waals surface area contributed by atoms with Crippen LogP contribution in [0.4, 0.5) is 0 Å². The Bertz CT molecular complexity index is 1130. The first-order valence-electron chi connectivity index (χ1n) is 11.2. The number of thiocarbonyl (C=S) groups is 1. The van der Waals surface area contributed by atoms with Gasteiger partial charge in [-0.2, -0.15) is 0 Å². The lowest BCUT2D eigenvalue weighted by Gasteiger charge is -2.32. The summed E-state index contributed by atoms with van der Waals surface area (Å²) in [6, 6.07) is 10.1. The van der Waals surface area contributed by atoms with Crippen LogP contribution < -0.4 is 10.6 Å². The van der Waals surface area contributed by atoms with Crippen molar-refractivity contribution in [2.24, 2.45) is 0 Å². The molecule has 2 fully saturated rings. The van der Waals surface area contributed by atoms with Crippen LogP contribution in [0.1, 0.15) is 27.2 Å². The maximum absolute atomic E-state index is 12.9. The Labute approximate surface area is 203 Å². The van der Waals surface area contributed by atoms with E-state index in [1.807, 2.05) is 29.2 Å². The highest BCUT2D eigenvalue weighted by molar-refractivity contribution is 7.80. The number of carbonyl (C=O) groups excluding carboxylic acids is 2. The third kappa shape index (κ3) is 4.86. The van der Waals surface area contributed by atoms with Gasteiger partial charge in [-0.3, -0.25) is 14.9 Å². The summed E-state index contributed by atoms with van der Waals surface area (Å²) < 4.78 is 0. The fourth-order valence-electron chi connectivity index (χ4n) is 4.48. The van der Waals surface area contributed by atoms with E-state index in [-0.39, 0.29) is 11.8 Å². The average molecular weight is 482 g/mol. The fourth-order valence-corrected chi connectivity index (χ4v) is 5.63. The van der Waals surface area contributed by atoms with Crippen LogP contribution in [0.2, 0.25) is 0 Å². The highest BCUT2D eigenvalue weighted by Gasteiger charge is 2.27. The van der Waals surface area contributed by atoms with E-state index >= 15 is 0 Å². The standard InChI is InChI=1S/C24H27N5O2S2/c1-27-9-11-28(12-10-27)7-2-8-29-15-17-13-16(3-5-19(17)23(29)31)21-6-4-18(33-21)14-20-22(30)26-24(32)25-20/h3-6,13-14H,2,7-12,15H2,1H3,(H2,25,26,30,32)/b20-14-. The van der Waals surface area contributed by atoms with Crippen molar-refractivity contribution in [2.45, 2.75) is 13.0 Å². The van der Waals surface area contributed by atoms with E-state index in [0.29, 0.717) is 17.4 Å². The van der Waals surface area contributed by atoms with Gasteiger partial charge in [0.2, 0.25) is 0 Å². The lowest BCUT2D eigenvalue weighted by Crippen LogP contribution is -2.45. The Morgan fingerprint density at radius 3 is 2.64 bits per heavy atom. The topological polar surface area (TPSA) is 67.9 Å². The molecule has 0 atom stereocenters. The average Bonchev–Trinajstić information content (AvgIpc) is 3.48. The SMILES string of the molecule is CN1CCN(CCCN2Cc3cc(-c4ccc(/C=C5\NC(=S)NC5=O)s4)ccc3C2=O)CC1. The highest BCUT2D eigenvalue weighted by atomic mass is 32.1. The summed E-state index contributed by atoms with van der Waals surface area (Å²) in [7, 11) is 2.17. The molecule has 5 rings (SSSR count). The molecule has 0 saturated carbocycles. The van der Waals surface area contributed by atoms with E-state index in [4.69, 9.17) is 12.2 Å². The quantitative estimate of drug-likeness (QED) is 0.488. The molecule has 0 unspecified atom stereocenters. The smallest absolute Gasteiger partial charge is 0.273 e. The molecule has 0 aliphatic carbocycles. The van der Waals surface area contributed by atoms with Crippen LogP contribution >= 0.6 is 23.6 Å². The number of piperazine rings is 1. The monoisotopic (exact) mass is 481 g/mol. The lowest BCUT2D eigenvalue weighted by atomic mass is 10.1. The summed E-state index contributed by atoms with van der Waals surface area (Å²) in [6.45, 7) is 6.98. The van der Waals surface area contributed by atoms with Gasteiger partial charge in [-0.1, -0.05) is 6.07 Å². The molecule has 7 nitrogen and oxygen atoms in total. The van der Waals surface area contributed by atoms with Gasteiger partial charge in [0.15, 0.2) is 5.11 Å². The number of hydrogen-bond donors (Lipinski definition) is 2. The van der Waals surface area contributed by atoms with E-state index < -0.39 is 0 Å². The van der Waals surface area contributed by atoms with Crippen molar-refractivity contribution in [3.8, 4) is 10.4 Å².